The third-order valence-electron chi connectivity index (χ3n) is 5.24. The standard InChI is InChI=1S/C23H22N2O4S/c1-15-17(16-8-4-5-9-18(16)24(15)2)14-21-22(26)25(23(27)30-21)12-13-29-20-11-7-6-10-19(20)28-3/h4-11,14H,12-13H2,1-3H3/b21-14-. The van der Waals surface area contributed by atoms with Gasteiger partial charge in [0, 0.05) is 29.2 Å². The van der Waals surface area contributed by atoms with E-state index in [1.807, 2.05) is 56.4 Å². The number of ether oxygens (including phenoxy) is 2. The summed E-state index contributed by atoms with van der Waals surface area (Å²) in [5.74, 6) is 0.896. The predicted octanol–water partition coefficient (Wildman–Crippen LogP) is 4.61. The minimum Gasteiger partial charge on any atom is -0.493 e. The van der Waals surface area contributed by atoms with Gasteiger partial charge in [-0.1, -0.05) is 30.3 Å². The summed E-state index contributed by atoms with van der Waals surface area (Å²) in [6.45, 7) is 2.38. The van der Waals surface area contributed by atoms with Gasteiger partial charge in [-0.3, -0.25) is 14.5 Å². The summed E-state index contributed by atoms with van der Waals surface area (Å²) >= 11 is 0.966. The largest absolute Gasteiger partial charge is 0.493 e. The molecular weight excluding hydrogens is 400 g/mol. The highest BCUT2D eigenvalue weighted by Gasteiger charge is 2.35. The van der Waals surface area contributed by atoms with E-state index in [2.05, 4.69) is 4.57 Å². The highest BCUT2D eigenvalue weighted by molar-refractivity contribution is 8.18. The van der Waals surface area contributed by atoms with E-state index in [0.717, 1.165) is 33.9 Å². The number of aryl methyl sites for hydroxylation is 1. The van der Waals surface area contributed by atoms with Gasteiger partial charge in [-0.2, -0.15) is 0 Å². The first-order chi connectivity index (χ1) is 14.5. The van der Waals surface area contributed by atoms with Crippen molar-refractivity contribution < 1.29 is 19.1 Å². The maximum absolute atomic E-state index is 12.9. The lowest BCUT2D eigenvalue weighted by molar-refractivity contribution is -0.123. The molecule has 1 fully saturated rings. The maximum Gasteiger partial charge on any atom is 0.293 e. The third kappa shape index (κ3) is 3.57. The number of hydrogen-bond acceptors (Lipinski definition) is 5. The quantitative estimate of drug-likeness (QED) is 0.543. The van der Waals surface area contributed by atoms with Crippen LogP contribution in [0.15, 0.2) is 53.4 Å². The topological polar surface area (TPSA) is 60.8 Å². The van der Waals surface area contributed by atoms with Crippen LogP contribution in [0.1, 0.15) is 11.3 Å². The number of methoxy groups -OCH3 is 1. The Morgan fingerprint density at radius 3 is 2.50 bits per heavy atom. The fraction of sp³-hybridized carbons (Fsp3) is 0.217. The molecular formula is C23H22N2O4S. The lowest BCUT2D eigenvalue weighted by Crippen LogP contribution is -2.32. The normalized spacial score (nSPS) is 15.4. The Morgan fingerprint density at radius 1 is 1.03 bits per heavy atom. The summed E-state index contributed by atoms with van der Waals surface area (Å²) in [5, 5.41) is 0.775. The van der Waals surface area contributed by atoms with Crippen molar-refractivity contribution in [3.63, 3.8) is 0 Å². The Morgan fingerprint density at radius 2 is 1.73 bits per heavy atom. The zero-order chi connectivity index (χ0) is 21.3. The van der Waals surface area contributed by atoms with Crippen molar-refractivity contribution in [2.75, 3.05) is 20.3 Å². The number of benzene rings is 2. The Bertz CT molecular complexity index is 1170. The lowest BCUT2D eigenvalue weighted by Gasteiger charge is -2.14. The first kappa shape index (κ1) is 20.1. The molecule has 6 nitrogen and oxygen atoms in total. The van der Waals surface area contributed by atoms with E-state index < -0.39 is 0 Å². The summed E-state index contributed by atoms with van der Waals surface area (Å²) in [6, 6.07) is 15.3. The summed E-state index contributed by atoms with van der Waals surface area (Å²) in [7, 11) is 3.56. The van der Waals surface area contributed by atoms with Crippen LogP contribution in [0.2, 0.25) is 0 Å². The van der Waals surface area contributed by atoms with Crippen LogP contribution >= 0.6 is 11.8 Å². The smallest absolute Gasteiger partial charge is 0.293 e. The predicted molar refractivity (Wildman–Crippen MR) is 119 cm³/mol. The van der Waals surface area contributed by atoms with Crippen molar-refractivity contribution in [3.8, 4) is 11.5 Å². The fourth-order valence-corrected chi connectivity index (χ4v) is 4.39. The summed E-state index contributed by atoms with van der Waals surface area (Å²) in [5.41, 5.74) is 3.09. The van der Waals surface area contributed by atoms with Crippen LogP contribution in [-0.2, 0) is 11.8 Å². The molecule has 0 aliphatic carbocycles. The van der Waals surface area contributed by atoms with Gasteiger partial charge >= 0.3 is 0 Å². The van der Waals surface area contributed by atoms with Gasteiger partial charge in [0.05, 0.1) is 18.6 Å². The molecule has 154 valence electrons. The third-order valence-corrected chi connectivity index (χ3v) is 6.15. The molecule has 2 aromatic carbocycles. The zero-order valence-corrected chi connectivity index (χ0v) is 17.9. The second kappa shape index (κ2) is 8.28. The Balaban J connectivity index is 1.51. The number of rotatable bonds is 6. The first-order valence-electron chi connectivity index (χ1n) is 9.56. The molecule has 1 aromatic heterocycles. The van der Waals surface area contributed by atoms with Crippen molar-refractivity contribution in [3.05, 3.63) is 64.7 Å². The van der Waals surface area contributed by atoms with Crippen LogP contribution < -0.4 is 9.47 Å². The second-order valence-electron chi connectivity index (χ2n) is 6.91. The number of aromatic nitrogens is 1. The van der Waals surface area contributed by atoms with Crippen molar-refractivity contribution >= 4 is 39.9 Å². The Kier molecular flexibility index (Phi) is 5.55. The van der Waals surface area contributed by atoms with Gasteiger partial charge in [0.1, 0.15) is 6.61 Å². The molecule has 0 N–H and O–H groups in total. The molecule has 0 saturated carbocycles. The van der Waals surface area contributed by atoms with Crippen LogP contribution in [0.4, 0.5) is 4.79 Å². The van der Waals surface area contributed by atoms with E-state index in [1.54, 1.807) is 19.2 Å². The Hall–Kier alpha value is -3.19. The van der Waals surface area contributed by atoms with Gasteiger partial charge in [0.15, 0.2) is 11.5 Å². The van der Waals surface area contributed by atoms with Crippen LogP contribution in [0.3, 0.4) is 0 Å². The van der Waals surface area contributed by atoms with Gasteiger partial charge in [0.25, 0.3) is 11.1 Å². The average Bonchev–Trinajstić information content (AvgIpc) is 3.17. The number of para-hydroxylation sites is 3. The van der Waals surface area contributed by atoms with E-state index >= 15 is 0 Å². The molecule has 2 heterocycles. The van der Waals surface area contributed by atoms with Crippen LogP contribution in [0.25, 0.3) is 17.0 Å². The highest BCUT2D eigenvalue weighted by Crippen LogP contribution is 2.35. The minimum absolute atomic E-state index is 0.175. The number of imide groups is 1. The summed E-state index contributed by atoms with van der Waals surface area (Å²) in [6.07, 6.45) is 1.82. The SMILES string of the molecule is COc1ccccc1OCCN1C(=O)S/C(=C\c2c(C)n(C)c3ccccc23)C1=O. The van der Waals surface area contributed by atoms with Crippen LogP contribution in [0, 0.1) is 6.92 Å². The van der Waals surface area contributed by atoms with E-state index in [0.29, 0.717) is 16.4 Å². The number of amides is 2. The van der Waals surface area contributed by atoms with Gasteiger partial charge < -0.3 is 14.0 Å². The monoisotopic (exact) mass is 422 g/mol. The molecule has 0 radical (unpaired) electrons. The molecule has 0 atom stereocenters. The maximum atomic E-state index is 12.9. The molecule has 1 saturated heterocycles. The summed E-state index contributed by atoms with van der Waals surface area (Å²) < 4.78 is 13.1. The number of thioether (sulfide) groups is 1. The van der Waals surface area contributed by atoms with E-state index in [1.165, 1.54) is 4.90 Å². The fourth-order valence-electron chi connectivity index (χ4n) is 3.54. The molecule has 7 heteroatoms. The molecule has 2 amide bonds. The summed E-state index contributed by atoms with van der Waals surface area (Å²) in [4.78, 5) is 27.0. The lowest BCUT2D eigenvalue weighted by atomic mass is 10.1. The second-order valence-corrected chi connectivity index (χ2v) is 7.90. The molecule has 0 spiro atoms. The number of hydrogen-bond donors (Lipinski definition) is 0. The van der Waals surface area contributed by atoms with E-state index in [4.69, 9.17) is 9.47 Å². The van der Waals surface area contributed by atoms with Crippen LogP contribution in [0.5, 0.6) is 11.5 Å². The molecule has 3 aromatic rings. The molecule has 0 bridgehead atoms. The van der Waals surface area contributed by atoms with Gasteiger partial charge in [-0.05, 0) is 43.0 Å². The van der Waals surface area contributed by atoms with E-state index in [-0.39, 0.29) is 24.3 Å². The first-order valence-corrected chi connectivity index (χ1v) is 10.4. The van der Waals surface area contributed by atoms with Gasteiger partial charge in [0.2, 0.25) is 0 Å². The number of fused-ring (bicyclic) bond motifs is 1. The number of carbonyl (C=O) groups excluding carboxylic acids is 2. The van der Waals surface area contributed by atoms with Crippen LogP contribution in [-0.4, -0.2) is 40.9 Å². The molecule has 1 aliphatic heterocycles. The van der Waals surface area contributed by atoms with Gasteiger partial charge in [-0.15, -0.1) is 0 Å². The highest BCUT2D eigenvalue weighted by atomic mass is 32.2. The van der Waals surface area contributed by atoms with Crippen molar-refractivity contribution in [1.29, 1.82) is 0 Å². The average molecular weight is 423 g/mol. The minimum atomic E-state index is -0.291. The molecule has 1 aliphatic rings. The van der Waals surface area contributed by atoms with Crippen molar-refractivity contribution in [2.45, 2.75) is 6.92 Å². The number of nitrogens with zero attached hydrogens (tertiary/aromatic N) is 2. The molecule has 30 heavy (non-hydrogen) atoms. The zero-order valence-electron chi connectivity index (χ0n) is 17.0. The molecule has 4 rings (SSSR count). The molecule has 0 unspecified atom stereocenters. The van der Waals surface area contributed by atoms with Crippen molar-refractivity contribution in [1.82, 2.24) is 9.47 Å². The van der Waals surface area contributed by atoms with Crippen molar-refractivity contribution in [2.24, 2.45) is 7.05 Å². The van der Waals surface area contributed by atoms with E-state index in [9.17, 15) is 9.59 Å². The Labute approximate surface area is 179 Å². The van der Waals surface area contributed by atoms with Gasteiger partial charge in [-0.25, -0.2) is 0 Å². The number of carbonyl (C=O) groups is 2.